The molecule has 0 atom stereocenters. The van der Waals surface area contributed by atoms with Gasteiger partial charge in [0.1, 0.15) is 11.6 Å². The SMILES string of the molecule is N=C(N)c1ccnnc1Oc1ccc2c(c1)CCC2. The third-order valence-electron chi connectivity index (χ3n) is 3.26. The van der Waals surface area contributed by atoms with Gasteiger partial charge in [0.25, 0.3) is 0 Å². The highest BCUT2D eigenvalue weighted by Gasteiger charge is 2.13. The fraction of sp³-hybridized carbons (Fsp3) is 0.214. The van der Waals surface area contributed by atoms with Crippen molar-refractivity contribution in [2.45, 2.75) is 19.3 Å². The third kappa shape index (κ3) is 2.27. The lowest BCUT2D eigenvalue weighted by Gasteiger charge is -2.09. The Balaban J connectivity index is 1.91. The van der Waals surface area contributed by atoms with E-state index in [1.54, 1.807) is 6.07 Å². The lowest BCUT2D eigenvalue weighted by molar-refractivity contribution is 0.453. The Morgan fingerprint density at radius 1 is 1.21 bits per heavy atom. The van der Waals surface area contributed by atoms with Crippen LogP contribution in [0.4, 0.5) is 0 Å². The van der Waals surface area contributed by atoms with Crippen LogP contribution in [-0.4, -0.2) is 16.0 Å². The molecule has 1 aliphatic carbocycles. The van der Waals surface area contributed by atoms with Gasteiger partial charge in [0, 0.05) is 0 Å². The molecule has 3 N–H and O–H groups in total. The molecular weight excluding hydrogens is 240 g/mol. The highest BCUT2D eigenvalue weighted by Crippen LogP contribution is 2.29. The summed E-state index contributed by atoms with van der Waals surface area (Å²) in [5.41, 5.74) is 8.66. The number of nitrogens with two attached hydrogens (primary N) is 1. The molecule has 0 saturated carbocycles. The number of nitrogens with zero attached hydrogens (tertiary/aromatic N) is 2. The van der Waals surface area contributed by atoms with E-state index in [1.165, 1.54) is 23.7 Å². The van der Waals surface area contributed by atoms with Crippen LogP contribution >= 0.6 is 0 Å². The standard InChI is InChI=1S/C14H14N4O/c15-13(16)12-6-7-17-18-14(12)19-11-5-4-9-2-1-3-10(9)8-11/h4-8H,1-3H2,(H3,15,16). The molecule has 0 bridgehead atoms. The lowest BCUT2D eigenvalue weighted by Crippen LogP contribution is -2.13. The number of ether oxygens (including phenoxy) is 1. The van der Waals surface area contributed by atoms with Gasteiger partial charge >= 0.3 is 0 Å². The summed E-state index contributed by atoms with van der Waals surface area (Å²) < 4.78 is 5.70. The van der Waals surface area contributed by atoms with Gasteiger partial charge in [-0.15, -0.1) is 5.10 Å². The normalized spacial score (nSPS) is 13.1. The second-order valence-corrected chi connectivity index (χ2v) is 4.55. The van der Waals surface area contributed by atoms with Gasteiger partial charge in [-0.1, -0.05) is 6.07 Å². The van der Waals surface area contributed by atoms with Crippen molar-refractivity contribution in [2.24, 2.45) is 5.73 Å². The molecular formula is C14H14N4O. The number of aromatic nitrogens is 2. The Morgan fingerprint density at radius 3 is 2.89 bits per heavy atom. The summed E-state index contributed by atoms with van der Waals surface area (Å²) in [6.45, 7) is 0. The van der Waals surface area contributed by atoms with Gasteiger partial charge in [-0.05, 0) is 48.6 Å². The number of rotatable bonds is 3. The zero-order valence-electron chi connectivity index (χ0n) is 10.4. The molecule has 0 saturated heterocycles. The minimum atomic E-state index is -0.0777. The maximum Gasteiger partial charge on any atom is 0.249 e. The van der Waals surface area contributed by atoms with E-state index in [4.69, 9.17) is 15.9 Å². The molecule has 5 nitrogen and oxygen atoms in total. The first-order chi connectivity index (χ1) is 9.24. The van der Waals surface area contributed by atoms with E-state index < -0.39 is 0 Å². The molecule has 19 heavy (non-hydrogen) atoms. The number of nitrogens with one attached hydrogen (secondary N) is 1. The van der Waals surface area contributed by atoms with Gasteiger partial charge in [-0.25, -0.2) is 0 Å². The van der Waals surface area contributed by atoms with E-state index in [9.17, 15) is 0 Å². The summed E-state index contributed by atoms with van der Waals surface area (Å²) >= 11 is 0. The number of nitrogen functional groups attached to an aromatic ring is 1. The molecule has 1 heterocycles. The van der Waals surface area contributed by atoms with Crippen molar-refractivity contribution in [1.82, 2.24) is 10.2 Å². The summed E-state index contributed by atoms with van der Waals surface area (Å²) in [5.74, 6) is 0.905. The summed E-state index contributed by atoms with van der Waals surface area (Å²) in [6.07, 6.45) is 4.92. The fourth-order valence-electron chi connectivity index (χ4n) is 2.32. The predicted molar refractivity (Wildman–Crippen MR) is 71.6 cm³/mol. The van der Waals surface area contributed by atoms with E-state index in [-0.39, 0.29) is 11.7 Å². The molecule has 0 amide bonds. The Labute approximate surface area is 110 Å². The monoisotopic (exact) mass is 254 g/mol. The number of hydrogen-bond acceptors (Lipinski definition) is 4. The molecule has 0 spiro atoms. The van der Waals surface area contributed by atoms with Crippen molar-refractivity contribution in [3.8, 4) is 11.6 Å². The zero-order chi connectivity index (χ0) is 13.2. The minimum Gasteiger partial charge on any atom is -0.437 e. The molecule has 0 fully saturated rings. The van der Waals surface area contributed by atoms with Crippen molar-refractivity contribution in [3.63, 3.8) is 0 Å². The van der Waals surface area contributed by atoms with Crippen molar-refractivity contribution in [3.05, 3.63) is 47.2 Å². The second kappa shape index (κ2) is 4.68. The number of benzene rings is 1. The van der Waals surface area contributed by atoms with Gasteiger partial charge in [0.15, 0.2) is 0 Å². The average molecular weight is 254 g/mol. The summed E-state index contributed by atoms with van der Waals surface area (Å²) in [6, 6.07) is 7.66. The van der Waals surface area contributed by atoms with E-state index in [1.807, 2.05) is 12.1 Å². The van der Waals surface area contributed by atoms with Crippen LogP contribution in [0, 0.1) is 5.41 Å². The predicted octanol–water partition coefficient (Wildman–Crippen LogP) is 2.04. The maximum absolute atomic E-state index is 7.49. The Kier molecular flexibility index (Phi) is 2.87. The molecule has 5 heteroatoms. The van der Waals surface area contributed by atoms with Gasteiger partial charge in [0.2, 0.25) is 5.88 Å². The molecule has 1 aliphatic rings. The van der Waals surface area contributed by atoms with Crippen LogP contribution < -0.4 is 10.5 Å². The van der Waals surface area contributed by atoms with Crippen LogP contribution in [0.5, 0.6) is 11.6 Å². The molecule has 0 unspecified atom stereocenters. The van der Waals surface area contributed by atoms with Crippen LogP contribution in [0.15, 0.2) is 30.5 Å². The van der Waals surface area contributed by atoms with Gasteiger partial charge in [0.05, 0.1) is 11.8 Å². The fourth-order valence-corrected chi connectivity index (χ4v) is 2.32. The second-order valence-electron chi connectivity index (χ2n) is 4.55. The summed E-state index contributed by atoms with van der Waals surface area (Å²) in [4.78, 5) is 0. The van der Waals surface area contributed by atoms with Gasteiger partial charge < -0.3 is 10.5 Å². The Morgan fingerprint density at radius 2 is 2.05 bits per heavy atom. The molecule has 96 valence electrons. The Bertz CT molecular complexity index is 639. The number of amidine groups is 1. The molecule has 2 aromatic rings. The number of hydrogen-bond donors (Lipinski definition) is 2. The van der Waals surface area contributed by atoms with Crippen LogP contribution in [0.2, 0.25) is 0 Å². The smallest absolute Gasteiger partial charge is 0.249 e. The van der Waals surface area contributed by atoms with Crippen molar-refractivity contribution < 1.29 is 4.74 Å². The molecule has 0 aliphatic heterocycles. The first kappa shape index (κ1) is 11.6. The highest BCUT2D eigenvalue weighted by molar-refractivity contribution is 5.96. The van der Waals surface area contributed by atoms with Crippen LogP contribution in [0.1, 0.15) is 23.1 Å². The maximum atomic E-state index is 7.49. The summed E-state index contributed by atoms with van der Waals surface area (Å²) in [7, 11) is 0. The van der Waals surface area contributed by atoms with Crippen LogP contribution in [-0.2, 0) is 12.8 Å². The van der Waals surface area contributed by atoms with Crippen molar-refractivity contribution >= 4 is 5.84 Å². The van der Waals surface area contributed by atoms with Gasteiger partial charge in [-0.2, -0.15) is 5.10 Å². The third-order valence-corrected chi connectivity index (χ3v) is 3.26. The molecule has 1 aromatic carbocycles. The minimum absolute atomic E-state index is 0.0777. The van der Waals surface area contributed by atoms with Crippen LogP contribution in [0.3, 0.4) is 0 Å². The van der Waals surface area contributed by atoms with E-state index in [0.717, 1.165) is 12.8 Å². The zero-order valence-corrected chi connectivity index (χ0v) is 10.4. The summed E-state index contributed by atoms with van der Waals surface area (Å²) in [5, 5.41) is 15.2. The number of fused-ring (bicyclic) bond motifs is 1. The largest absolute Gasteiger partial charge is 0.437 e. The Hall–Kier alpha value is -2.43. The number of aryl methyl sites for hydroxylation is 2. The van der Waals surface area contributed by atoms with E-state index in [2.05, 4.69) is 16.3 Å². The topological polar surface area (TPSA) is 84.9 Å². The average Bonchev–Trinajstić information content (AvgIpc) is 2.86. The quantitative estimate of drug-likeness (QED) is 0.648. The highest BCUT2D eigenvalue weighted by atomic mass is 16.5. The molecule has 3 rings (SSSR count). The molecule has 0 radical (unpaired) electrons. The van der Waals surface area contributed by atoms with Gasteiger partial charge in [-0.3, -0.25) is 5.41 Å². The van der Waals surface area contributed by atoms with Crippen molar-refractivity contribution in [1.29, 1.82) is 5.41 Å². The first-order valence-corrected chi connectivity index (χ1v) is 6.20. The van der Waals surface area contributed by atoms with E-state index in [0.29, 0.717) is 11.3 Å². The molecule has 1 aromatic heterocycles. The first-order valence-electron chi connectivity index (χ1n) is 6.20. The van der Waals surface area contributed by atoms with Crippen molar-refractivity contribution in [2.75, 3.05) is 0 Å². The lowest BCUT2D eigenvalue weighted by atomic mass is 10.1. The van der Waals surface area contributed by atoms with E-state index >= 15 is 0 Å². The van der Waals surface area contributed by atoms with Crippen LogP contribution in [0.25, 0.3) is 0 Å².